The summed E-state index contributed by atoms with van der Waals surface area (Å²) in [5.74, 6) is 2.21. The molecule has 1 radical (unpaired) electrons. The molecule has 0 amide bonds. The molecule has 1 aliphatic heterocycles. The van der Waals surface area contributed by atoms with Crippen LogP contribution in [0.25, 0.3) is 0 Å². The summed E-state index contributed by atoms with van der Waals surface area (Å²) in [4.78, 5) is 6.67. The van der Waals surface area contributed by atoms with Crippen LogP contribution < -0.4 is 0 Å². The van der Waals surface area contributed by atoms with Crippen molar-refractivity contribution in [2.75, 3.05) is 13.1 Å². The number of likely N-dealkylation sites (tertiary alicyclic amines) is 1. The molecular formula is C16H38N4Y. The number of rotatable bonds is 2. The molecule has 125 valence electrons. The number of nitrogens with zero attached hydrogens (tertiary/aromatic N) is 3. The van der Waals surface area contributed by atoms with Gasteiger partial charge in [-0.25, -0.2) is 4.98 Å². The summed E-state index contributed by atoms with van der Waals surface area (Å²) in [5, 5.41) is 6.77. The van der Waals surface area contributed by atoms with Crippen LogP contribution in [-0.4, -0.2) is 39.2 Å². The molecule has 0 saturated carbocycles. The minimum absolute atomic E-state index is 0. The smallest absolute Gasteiger partial charge is 0.153 e. The second-order valence-electron chi connectivity index (χ2n) is 5.27. The van der Waals surface area contributed by atoms with Gasteiger partial charge >= 0.3 is 0 Å². The van der Waals surface area contributed by atoms with Gasteiger partial charge in [0.15, 0.2) is 5.82 Å². The summed E-state index contributed by atoms with van der Waals surface area (Å²) in [6, 6.07) is 0.775. The van der Waals surface area contributed by atoms with E-state index in [4.69, 9.17) is 0 Å². The van der Waals surface area contributed by atoms with Crippen molar-refractivity contribution >= 4 is 0 Å². The van der Waals surface area contributed by atoms with Gasteiger partial charge in [0, 0.05) is 44.7 Å². The molecule has 4 nitrogen and oxygen atoms in total. The van der Waals surface area contributed by atoms with E-state index >= 15 is 0 Å². The minimum atomic E-state index is 0. The van der Waals surface area contributed by atoms with Gasteiger partial charge < -0.3 is 4.90 Å². The monoisotopic (exact) mass is 375 g/mol. The average molecular weight is 375 g/mol. The van der Waals surface area contributed by atoms with E-state index in [2.05, 4.69) is 47.8 Å². The van der Waals surface area contributed by atoms with E-state index in [-0.39, 0.29) is 55.0 Å². The Kier molecular flexibility index (Phi) is 21.0. The number of aromatic amines is 1. The zero-order valence-electron chi connectivity index (χ0n) is 12.4. The van der Waals surface area contributed by atoms with E-state index in [1.54, 1.807) is 0 Å². The van der Waals surface area contributed by atoms with Crippen LogP contribution in [0.2, 0.25) is 0 Å². The number of H-pyrrole nitrogens is 1. The predicted octanol–water partition coefficient (Wildman–Crippen LogP) is 4.63. The summed E-state index contributed by atoms with van der Waals surface area (Å²) in [5.41, 5.74) is 0. The van der Waals surface area contributed by atoms with Crippen molar-refractivity contribution in [2.45, 2.75) is 81.7 Å². The molecule has 2 rings (SSSR count). The third kappa shape index (κ3) is 11.4. The second kappa shape index (κ2) is 15.1. The minimum Gasteiger partial charge on any atom is -0.301 e. The molecule has 1 fully saturated rings. The topological polar surface area (TPSA) is 44.8 Å². The van der Waals surface area contributed by atoms with E-state index in [0.717, 1.165) is 17.7 Å². The maximum absolute atomic E-state index is 4.14. The van der Waals surface area contributed by atoms with Crippen molar-refractivity contribution in [3.05, 3.63) is 11.6 Å². The number of hydrogen-bond acceptors (Lipinski definition) is 3. The molecule has 0 unspecified atom stereocenters. The van der Waals surface area contributed by atoms with Crippen molar-refractivity contribution in [1.29, 1.82) is 0 Å². The van der Waals surface area contributed by atoms with E-state index in [9.17, 15) is 0 Å². The third-order valence-corrected chi connectivity index (χ3v) is 3.00. The largest absolute Gasteiger partial charge is 0.301 e. The van der Waals surface area contributed by atoms with Gasteiger partial charge in [0.25, 0.3) is 0 Å². The number of aryl methyl sites for hydroxylation is 1. The average Bonchev–Trinajstić information content (AvgIpc) is 2.87. The maximum Gasteiger partial charge on any atom is 0.153 e. The third-order valence-electron chi connectivity index (χ3n) is 3.00. The maximum atomic E-state index is 4.14. The number of aromatic nitrogens is 3. The van der Waals surface area contributed by atoms with E-state index < -0.39 is 0 Å². The van der Waals surface area contributed by atoms with Crippen molar-refractivity contribution in [3.63, 3.8) is 0 Å². The Hall–Kier alpha value is 0.204. The number of hydrogen-bond donors (Lipinski definition) is 1. The number of nitrogens with one attached hydrogen (secondary N) is 1. The van der Waals surface area contributed by atoms with Crippen LogP contribution in [0.15, 0.2) is 0 Å². The predicted molar refractivity (Wildman–Crippen MR) is 91.3 cm³/mol. The fraction of sp³-hybridized carbons (Fsp3) is 0.875. The van der Waals surface area contributed by atoms with Gasteiger partial charge in [-0.1, -0.05) is 36.1 Å². The summed E-state index contributed by atoms with van der Waals surface area (Å²) in [6.07, 6.45) is 2.83. The summed E-state index contributed by atoms with van der Waals surface area (Å²) < 4.78 is 0. The first-order chi connectivity index (χ1) is 8.00. The first-order valence-corrected chi connectivity index (χ1v) is 6.63. The molecule has 0 spiro atoms. The Bertz CT molecular complexity index is 318. The van der Waals surface area contributed by atoms with Crippen molar-refractivity contribution < 1.29 is 32.7 Å². The molecule has 2 heterocycles. The van der Waals surface area contributed by atoms with Crippen LogP contribution in [0, 0.1) is 6.92 Å². The van der Waals surface area contributed by atoms with Crippen molar-refractivity contribution in [1.82, 2.24) is 20.1 Å². The van der Waals surface area contributed by atoms with Gasteiger partial charge in [-0.05, 0) is 46.7 Å². The Morgan fingerprint density at radius 1 is 1.00 bits per heavy atom. The van der Waals surface area contributed by atoms with Crippen LogP contribution in [0.4, 0.5) is 0 Å². The standard InChI is InChI=1S/C7H15N.C6H11N3.3CH4.Y/c1-7(2)8-5-3-4-6-8;1-4(2)6-7-5(3)8-9-6;;;;/h7H,3-6H2,1-2H3;4H,1-3H3,(H,7,8,9);3*1H4;. The second-order valence-corrected chi connectivity index (χ2v) is 5.27. The molecule has 0 aliphatic carbocycles. The van der Waals surface area contributed by atoms with Gasteiger partial charge in [0.1, 0.15) is 5.82 Å². The molecular weight excluding hydrogens is 337 g/mol. The molecule has 21 heavy (non-hydrogen) atoms. The quantitative estimate of drug-likeness (QED) is 0.820. The molecule has 1 N–H and O–H groups in total. The fourth-order valence-electron chi connectivity index (χ4n) is 1.88. The van der Waals surface area contributed by atoms with E-state index in [1.165, 1.54) is 25.9 Å². The normalized spacial score (nSPS) is 13.3. The molecule has 5 heteroatoms. The Balaban J connectivity index is -0.000000116. The van der Waals surface area contributed by atoms with Crippen molar-refractivity contribution in [2.24, 2.45) is 0 Å². The van der Waals surface area contributed by atoms with Gasteiger partial charge in [-0.15, -0.1) is 0 Å². The van der Waals surface area contributed by atoms with E-state index in [1.807, 2.05) is 6.92 Å². The zero-order chi connectivity index (χ0) is 12.8. The molecule has 0 bridgehead atoms. The van der Waals surface area contributed by atoms with Gasteiger partial charge in [-0.3, -0.25) is 5.10 Å². The first kappa shape index (κ1) is 29.2. The summed E-state index contributed by atoms with van der Waals surface area (Å²) >= 11 is 0. The van der Waals surface area contributed by atoms with E-state index in [0.29, 0.717) is 5.92 Å². The zero-order valence-corrected chi connectivity index (χ0v) is 15.2. The van der Waals surface area contributed by atoms with Gasteiger partial charge in [-0.2, -0.15) is 5.10 Å². The summed E-state index contributed by atoms with van der Waals surface area (Å²) in [6.45, 7) is 13.2. The molecule has 1 aromatic heterocycles. The van der Waals surface area contributed by atoms with Crippen LogP contribution in [0.1, 0.15) is 80.4 Å². The first-order valence-electron chi connectivity index (χ1n) is 6.63. The molecule has 0 aromatic carbocycles. The molecule has 1 aliphatic rings. The van der Waals surface area contributed by atoms with Gasteiger partial charge in [0.05, 0.1) is 0 Å². The Labute approximate surface area is 158 Å². The van der Waals surface area contributed by atoms with Gasteiger partial charge in [0.2, 0.25) is 0 Å². The fourth-order valence-corrected chi connectivity index (χ4v) is 1.88. The SMILES string of the molecule is C.C.C.CC(C)N1CCCC1.Cc1nc(C(C)C)n[nH]1.[Y]. The van der Waals surface area contributed by atoms with Crippen LogP contribution >= 0.6 is 0 Å². The summed E-state index contributed by atoms with van der Waals surface area (Å²) in [7, 11) is 0. The van der Waals surface area contributed by atoms with Crippen LogP contribution in [0.3, 0.4) is 0 Å². The molecule has 1 aromatic rings. The molecule has 0 atom stereocenters. The van der Waals surface area contributed by atoms with Crippen molar-refractivity contribution in [3.8, 4) is 0 Å². The molecule has 1 saturated heterocycles. The Morgan fingerprint density at radius 2 is 1.48 bits per heavy atom. The Morgan fingerprint density at radius 3 is 1.67 bits per heavy atom. The van der Waals surface area contributed by atoms with Crippen LogP contribution in [-0.2, 0) is 32.7 Å². The van der Waals surface area contributed by atoms with Crippen LogP contribution in [0.5, 0.6) is 0 Å².